The summed E-state index contributed by atoms with van der Waals surface area (Å²) in [6.07, 6.45) is 5.22. The zero-order valence-corrected chi connectivity index (χ0v) is 16.0. The molecule has 1 aliphatic carbocycles. The van der Waals surface area contributed by atoms with Gasteiger partial charge >= 0.3 is 6.03 Å². The lowest BCUT2D eigenvalue weighted by atomic mass is 9.92. The number of nitrogens with zero attached hydrogens (tertiary/aromatic N) is 1. The molecule has 1 atom stereocenters. The summed E-state index contributed by atoms with van der Waals surface area (Å²) in [6.45, 7) is 1.27. The van der Waals surface area contributed by atoms with Crippen LogP contribution in [0.25, 0.3) is 0 Å². The molecule has 1 aromatic carbocycles. The van der Waals surface area contributed by atoms with Gasteiger partial charge in [0, 0.05) is 21.7 Å². The average molecular weight is 398 g/mol. The van der Waals surface area contributed by atoms with Crippen molar-refractivity contribution >= 4 is 41.0 Å². The van der Waals surface area contributed by atoms with Gasteiger partial charge in [-0.15, -0.1) is 0 Å². The lowest BCUT2D eigenvalue weighted by molar-refractivity contribution is -0.135. The summed E-state index contributed by atoms with van der Waals surface area (Å²) in [7, 11) is 0. The Morgan fingerprint density at radius 1 is 1.27 bits per heavy atom. The zero-order valence-electron chi connectivity index (χ0n) is 14.5. The number of hydrogen-bond donors (Lipinski definition) is 2. The van der Waals surface area contributed by atoms with E-state index in [2.05, 4.69) is 10.6 Å². The molecular formula is C18H21Cl2N3O3. The highest BCUT2D eigenvalue weighted by Crippen LogP contribution is 2.34. The third-order valence-electron chi connectivity index (χ3n) is 5.02. The first-order valence-corrected chi connectivity index (χ1v) is 9.46. The molecule has 0 radical (unpaired) electrons. The number of imide groups is 1. The highest BCUT2D eigenvalue weighted by molar-refractivity contribution is 6.35. The van der Waals surface area contributed by atoms with Crippen LogP contribution in [-0.4, -0.2) is 35.3 Å². The molecule has 3 rings (SSSR count). The van der Waals surface area contributed by atoms with Crippen LogP contribution < -0.4 is 10.6 Å². The second kappa shape index (κ2) is 7.45. The van der Waals surface area contributed by atoms with Crippen LogP contribution in [0.3, 0.4) is 0 Å². The van der Waals surface area contributed by atoms with Gasteiger partial charge < -0.3 is 10.6 Å². The Kier molecular flexibility index (Phi) is 5.44. The van der Waals surface area contributed by atoms with Gasteiger partial charge in [0.2, 0.25) is 5.91 Å². The Labute approximate surface area is 162 Å². The number of carbonyl (C=O) groups is 3. The van der Waals surface area contributed by atoms with Crippen LogP contribution in [-0.2, 0) is 15.1 Å². The first kappa shape index (κ1) is 19.0. The SMILES string of the molecule is C[C@@]1(c2ccc(Cl)cc2Cl)NC(=O)N(CC(=O)NC2CCCCC2)C1=O. The molecule has 1 aromatic rings. The zero-order chi connectivity index (χ0) is 18.9. The summed E-state index contributed by atoms with van der Waals surface area (Å²) >= 11 is 12.1. The summed E-state index contributed by atoms with van der Waals surface area (Å²) < 4.78 is 0. The van der Waals surface area contributed by atoms with Crippen LogP contribution in [0.4, 0.5) is 4.79 Å². The monoisotopic (exact) mass is 397 g/mol. The molecule has 4 amide bonds. The average Bonchev–Trinajstić information content (AvgIpc) is 2.79. The minimum Gasteiger partial charge on any atom is -0.352 e. The van der Waals surface area contributed by atoms with Crippen molar-refractivity contribution in [1.29, 1.82) is 0 Å². The number of nitrogens with one attached hydrogen (secondary N) is 2. The summed E-state index contributed by atoms with van der Waals surface area (Å²) in [5.74, 6) is -0.836. The Bertz CT molecular complexity index is 749. The number of hydrogen-bond acceptors (Lipinski definition) is 3. The molecule has 1 saturated heterocycles. The second-order valence-corrected chi connectivity index (χ2v) is 7.82. The van der Waals surface area contributed by atoms with Gasteiger partial charge in [-0.3, -0.25) is 14.5 Å². The van der Waals surface area contributed by atoms with Crippen molar-refractivity contribution in [2.24, 2.45) is 0 Å². The topological polar surface area (TPSA) is 78.5 Å². The van der Waals surface area contributed by atoms with E-state index in [1.165, 1.54) is 12.5 Å². The summed E-state index contributed by atoms with van der Waals surface area (Å²) in [5.41, 5.74) is -0.888. The molecule has 6 nitrogen and oxygen atoms in total. The van der Waals surface area contributed by atoms with E-state index in [0.29, 0.717) is 10.6 Å². The number of amides is 4. The molecule has 0 bridgehead atoms. The Hall–Kier alpha value is -1.79. The molecule has 2 N–H and O–H groups in total. The lowest BCUT2D eigenvalue weighted by Crippen LogP contribution is -2.46. The minimum atomic E-state index is -1.33. The molecule has 2 fully saturated rings. The smallest absolute Gasteiger partial charge is 0.325 e. The van der Waals surface area contributed by atoms with Crippen LogP contribution in [0.15, 0.2) is 18.2 Å². The summed E-state index contributed by atoms with van der Waals surface area (Å²) in [4.78, 5) is 38.4. The van der Waals surface area contributed by atoms with Crippen LogP contribution in [0.5, 0.6) is 0 Å². The fourth-order valence-electron chi connectivity index (χ4n) is 3.58. The molecule has 8 heteroatoms. The molecule has 0 spiro atoms. The molecule has 140 valence electrons. The van der Waals surface area contributed by atoms with Crippen molar-refractivity contribution in [3.05, 3.63) is 33.8 Å². The normalized spacial score (nSPS) is 23.9. The minimum absolute atomic E-state index is 0.120. The van der Waals surface area contributed by atoms with Gasteiger partial charge in [-0.1, -0.05) is 48.5 Å². The Morgan fingerprint density at radius 3 is 2.62 bits per heavy atom. The Balaban J connectivity index is 1.72. The van der Waals surface area contributed by atoms with Gasteiger partial charge in [-0.05, 0) is 31.9 Å². The first-order valence-electron chi connectivity index (χ1n) is 8.70. The fraction of sp³-hybridized carbons (Fsp3) is 0.500. The van der Waals surface area contributed by atoms with E-state index in [1.54, 1.807) is 19.1 Å². The van der Waals surface area contributed by atoms with Crippen LogP contribution >= 0.6 is 23.2 Å². The first-order chi connectivity index (χ1) is 12.3. The third kappa shape index (κ3) is 3.67. The predicted octanol–water partition coefficient (Wildman–Crippen LogP) is 3.21. The molecule has 0 aromatic heterocycles. The van der Waals surface area contributed by atoms with E-state index in [-0.39, 0.29) is 23.5 Å². The number of carbonyl (C=O) groups excluding carboxylic acids is 3. The maximum Gasteiger partial charge on any atom is 0.325 e. The molecule has 2 aliphatic rings. The van der Waals surface area contributed by atoms with Gasteiger partial charge in [0.1, 0.15) is 12.1 Å². The van der Waals surface area contributed by atoms with Crippen LogP contribution in [0.1, 0.15) is 44.6 Å². The van der Waals surface area contributed by atoms with E-state index in [1.807, 2.05) is 0 Å². The number of halogens is 2. The van der Waals surface area contributed by atoms with Gasteiger partial charge in [0.05, 0.1) is 0 Å². The van der Waals surface area contributed by atoms with Crippen LogP contribution in [0, 0.1) is 0 Å². The van der Waals surface area contributed by atoms with Gasteiger partial charge in [-0.2, -0.15) is 0 Å². The number of rotatable bonds is 4. The Morgan fingerprint density at radius 2 is 1.96 bits per heavy atom. The molecule has 1 heterocycles. The predicted molar refractivity (Wildman–Crippen MR) is 99.1 cm³/mol. The van der Waals surface area contributed by atoms with E-state index in [9.17, 15) is 14.4 Å². The van der Waals surface area contributed by atoms with E-state index in [0.717, 1.165) is 30.6 Å². The quantitative estimate of drug-likeness (QED) is 0.765. The van der Waals surface area contributed by atoms with Crippen molar-refractivity contribution in [2.45, 2.75) is 50.6 Å². The second-order valence-electron chi connectivity index (χ2n) is 6.97. The third-order valence-corrected chi connectivity index (χ3v) is 5.56. The van der Waals surface area contributed by atoms with E-state index in [4.69, 9.17) is 23.2 Å². The molecule has 26 heavy (non-hydrogen) atoms. The fourth-order valence-corrected chi connectivity index (χ4v) is 4.18. The standard InChI is InChI=1S/C18H21Cl2N3O3/c1-18(13-8-7-11(19)9-14(13)20)16(25)23(17(26)22-18)10-15(24)21-12-5-3-2-4-6-12/h7-9,12H,2-6,10H2,1H3,(H,21,24)(H,22,26)/t18-/m0/s1. The lowest BCUT2D eigenvalue weighted by Gasteiger charge is -2.25. The molecular weight excluding hydrogens is 377 g/mol. The van der Waals surface area contributed by atoms with Crippen molar-refractivity contribution in [3.63, 3.8) is 0 Å². The van der Waals surface area contributed by atoms with Crippen LogP contribution in [0.2, 0.25) is 10.0 Å². The van der Waals surface area contributed by atoms with E-state index < -0.39 is 17.5 Å². The highest BCUT2D eigenvalue weighted by Gasteiger charge is 2.50. The molecule has 1 saturated carbocycles. The van der Waals surface area contributed by atoms with Crippen molar-refractivity contribution in [3.8, 4) is 0 Å². The van der Waals surface area contributed by atoms with Gasteiger partial charge in [0.25, 0.3) is 5.91 Å². The largest absolute Gasteiger partial charge is 0.352 e. The number of benzene rings is 1. The van der Waals surface area contributed by atoms with Gasteiger partial charge in [0.15, 0.2) is 0 Å². The maximum absolute atomic E-state index is 12.9. The summed E-state index contributed by atoms with van der Waals surface area (Å²) in [5, 5.41) is 6.28. The summed E-state index contributed by atoms with van der Waals surface area (Å²) in [6, 6.07) is 4.23. The van der Waals surface area contributed by atoms with Crippen molar-refractivity contribution in [2.75, 3.05) is 6.54 Å². The van der Waals surface area contributed by atoms with Crippen molar-refractivity contribution < 1.29 is 14.4 Å². The van der Waals surface area contributed by atoms with Gasteiger partial charge in [-0.25, -0.2) is 4.79 Å². The highest BCUT2D eigenvalue weighted by atomic mass is 35.5. The van der Waals surface area contributed by atoms with E-state index >= 15 is 0 Å². The maximum atomic E-state index is 12.9. The molecule has 1 aliphatic heterocycles. The number of urea groups is 1. The van der Waals surface area contributed by atoms with Crippen molar-refractivity contribution in [1.82, 2.24) is 15.5 Å². The molecule has 0 unspecified atom stereocenters.